The maximum atomic E-state index is 12.4. The van der Waals surface area contributed by atoms with E-state index >= 15 is 0 Å². The number of aryl methyl sites for hydroxylation is 1. The first-order valence-corrected chi connectivity index (χ1v) is 12.0. The zero-order valence-corrected chi connectivity index (χ0v) is 15.8. The number of alkyl halides is 1. The van der Waals surface area contributed by atoms with E-state index in [2.05, 4.69) is 54.2 Å². The molecule has 0 aromatic heterocycles. The van der Waals surface area contributed by atoms with Gasteiger partial charge in [0.25, 0.3) is 5.91 Å². The highest BCUT2D eigenvalue weighted by Crippen LogP contribution is 2.09. The zero-order chi connectivity index (χ0) is 15.2. The van der Waals surface area contributed by atoms with Crippen molar-refractivity contribution in [3.8, 4) is 12.0 Å². The molecule has 20 heavy (non-hydrogen) atoms. The average molecular weight is 399 g/mol. The molecule has 1 amide bonds. The molecule has 0 fully saturated rings. The molecule has 0 aliphatic rings. The summed E-state index contributed by atoms with van der Waals surface area (Å²) >= 11 is 2.28. The first kappa shape index (κ1) is 17.2. The van der Waals surface area contributed by atoms with E-state index in [9.17, 15) is 4.79 Å². The maximum absolute atomic E-state index is 12.4. The van der Waals surface area contributed by atoms with Gasteiger partial charge in [-0.15, -0.1) is 0 Å². The minimum atomic E-state index is -1.18. The second-order valence-corrected chi connectivity index (χ2v) is 12.6. The van der Waals surface area contributed by atoms with Crippen LogP contribution in [0, 0.1) is 18.9 Å². The van der Waals surface area contributed by atoms with E-state index < -0.39 is 8.07 Å². The second kappa shape index (κ2) is 7.84. The monoisotopic (exact) mass is 399 g/mol. The van der Waals surface area contributed by atoms with Crippen molar-refractivity contribution in [2.75, 3.05) is 11.0 Å². The zero-order valence-electron chi connectivity index (χ0n) is 12.7. The van der Waals surface area contributed by atoms with E-state index in [0.717, 1.165) is 16.0 Å². The Kier molecular flexibility index (Phi) is 6.76. The fraction of sp³-hybridized carbons (Fsp3) is 0.438. The Morgan fingerprint density at radius 1 is 1.25 bits per heavy atom. The Morgan fingerprint density at radius 3 is 2.35 bits per heavy atom. The van der Waals surface area contributed by atoms with Crippen molar-refractivity contribution in [1.29, 1.82) is 0 Å². The summed E-state index contributed by atoms with van der Waals surface area (Å²) in [6.45, 7) is 9.54. The Morgan fingerprint density at radius 2 is 1.85 bits per heavy atom. The summed E-state index contributed by atoms with van der Waals surface area (Å²) in [5, 5.41) is 0. The van der Waals surface area contributed by atoms with Crippen LogP contribution in [0.5, 0.6) is 0 Å². The molecule has 0 unspecified atom stereocenters. The number of benzene rings is 1. The van der Waals surface area contributed by atoms with Crippen molar-refractivity contribution in [2.45, 2.75) is 32.6 Å². The fourth-order valence-corrected chi connectivity index (χ4v) is 2.64. The van der Waals surface area contributed by atoms with Crippen LogP contribution in [-0.2, 0) is 0 Å². The number of hydrogen-bond donors (Lipinski definition) is 0. The highest BCUT2D eigenvalue weighted by molar-refractivity contribution is 14.1. The van der Waals surface area contributed by atoms with E-state index in [1.807, 2.05) is 31.2 Å². The van der Waals surface area contributed by atoms with E-state index in [1.54, 1.807) is 4.90 Å². The third kappa shape index (κ3) is 6.10. The number of amides is 1. The molecule has 0 spiro atoms. The number of nitrogens with zero attached hydrogens (tertiary/aromatic N) is 1. The molecule has 1 aromatic rings. The predicted molar refractivity (Wildman–Crippen MR) is 97.0 cm³/mol. The molecular formula is C16H22INOSi. The summed E-state index contributed by atoms with van der Waals surface area (Å²) < 4.78 is 0.886. The topological polar surface area (TPSA) is 20.3 Å². The summed E-state index contributed by atoms with van der Waals surface area (Å²) in [5.74, 6) is 3.19. The predicted octanol–water partition coefficient (Wildman–Crippen LogP) is 4.17. The van der Waals surface area contributed by atoms with Crippen molar-refractivity contribution in [1.82, 2.24) is 4.90 Å². The number of halogens is 1. The lowest BCUT2D eigenvalue weighted by atomic mass is 10.1. The summed E-state index contributed by atoms with van der Waals surface area (Å²) in [5.41, 5.74) is 1.87. The average Bonchev–Trinajstić information content (AvgIpc) is 2.36. The van der Waals surface area contributed by atoms with Crippen LogP contribution in [0.25, 0.3) is 0 Å². The molecule has 1 rings (SSSR count). The smallest absolute Gasteiger partial charge is 0.265 e. The van der Waals surface area contributed by atoms with E-state index in [0.29, 0.717) is 12.1 Å². The normalized spacial score (nSPS) is 10.7. The van der Waals surface area contributed by atoms with Gasteiger partial charge in [0.15, 0.2) is 0 Å². The van der Waals surface area contributed by atoms with Crippen molar-refractivity contribution in [3.63, 3.8) is 0 Å². The number of carbonyl (C=O) groups is 1. The highest BCUT2D eigenvalue weighted by Gasteiger charge is 2.14. The highest BCUT2D eigenvalue weighted by atomic mass is 127. The quantitative estimate of drug-likeness (QED) is 0.245. The van der Waals surface area contributed by atoms with Gasteiger partial charge in [-0.05, 0) is 19.1 Å². The van der Waals surface area contributed by atoms with Crippen LogP contribution in [0.1, 0.15) is 15.9 Å². The van der Waals surface area contributed by atoms with Crippen molar-refractivity contribution >= 4 is 36.6 Å². The van der Waals surface area contributed by atoms with Gasteiger partial charge in [-0.3, -0.25) is 9.69 Å². The third-order valence-corrected chi connectivity index (χ3v) is 4.40. The summed E-state index contributed by atoms with van der Waals surface area (Å²) in [7, 11) is -1.18. The molecular weight excluding hydrogens is 377 g/mol. The number of rotatable bonds is 4. The van der Waals surface area contributed by atoms with Crippen molar-refractivity contribution < 1.29 is 4.79 Å². The molecule has 0 aliphatic carbocycles. The molecule has 0 aliphatic heterocycles. The van der Waals surface area contributed by atoms with Gasteiger partial charge < -0.3 is 0 Å². The lowest BCUT2D eigenvalue weighted by Crippen LogP contribution is -2.28. The summed E-state index contributed by atoms with van der Waals surface area (Å²) in [4.78, 5) is 14.1. The summed E-state index contributed by atoms with van der Waals surface area (Å²) in [6.07, 6.45) is 0. The van der Waals surface area contributed by atoms with Crippen LogP contribution in [0.4, 0.5) is 0 Å². The van der Waals surface area contributed by atoms with Crippen LogP contribution in [0.3, 0.4) is 0 Å². The molecule has 4 heteroatoms. The SMILES string of the molecule is Cc1ccc(C(=O)N(C#CC[Si](C)(C)C)CCI)cc1. The van der Waals surface area contributed by atoms with Crippen LogP contribution in [-0.4, -0.2) is 29.9 Å². The Hall–Kier alpha value is -0.803. The molecule has 108 valence electrons. The van der Waals surface area contributed by atoms with Crippen LogP contribution in [0.2, 0.25) is 25.7 Å². The third-order valence-electron chi connectivity index (χ3n) is 2.68. The molecule has 0 bridgehead atoms. The molecule has 0 heterocycles. The Labute approximate surface area is 137 Å². The van der Waals surface area contributed by atoms with Gasteiger partial charge in [-0.1, -0.05) is 65.8 Å². The Bertz CT molecular complexity index is 508. The van der Waals surface area contributed by atoms with Crippen molar-refractivity contribution in [2.24, 2.45) is 0 Å². The lowest BCUT2D eigenvalue weighted by Gasteiger charge is -2.15. The van der Waals surface area contributed by atoms with Crippen LogP contribution < -0.4 is 0 Å². The number of hydrogen-bond acceptors (Lipinski definition) is 1. The van der Waals surface area contributed by atoms with Gasteiger partial charge in [0, 0.05) is 28.6 Å². The minimum Gasteiger partial charge on any atom is -0.268 e. The van der Waals surface area contributed by atoms with Crippen molar-refractivity contribution in [3.05, 3.63) is 35.4 Å². The van der Waals surface area contributed by atoms with Gasteiger partial charge in [0.1, 0.15) is 0 Å². The molecule has 0 radical (unpaired) electrons. The van der Waals surface area contributed by atoms with Gasteiger partial charge in [0.05, 0.1) is 8.07 Å². The molecule has 2 nitrogen and oxygen atoms in total. The number of carbonyl (C=O) groups excluding carboxylic acids is 1. The van der Waals surface area contributed by atoms with Gasteiger partial charge in [0.2, 0.25) is 0 Å². The maximum Gasteiger partial charge on any atom is 0.265 e. The Balaban J connectivity index is 2.84. The molecule has 0 saturated heterocycles. The standard InChI is InChI=1S/C16H22INOSi/c1-14-6-8-15(9-7-14)16(19)18(12-10-17)11-5-13-20(2,3)4/h6-9H,10,12-13H2,1-4H3. The minimum absolute atomic E-state index is 0.00439. The lowest BCUT2D eigenvalue weighted by molar-refractivity contribution is 0.0842. The van der Waals surface area contributed by atoms with E-state index in [1.165, 1.54) is 0 Å². The van der Waals surface area contributed by atoms with E-state index in [-0.39, 0.29) is 5.91 Å². The molecule has 0 saturated carbocycles. The van der Waals surface area contributed by atoms with Crippen LogP contribution >= 0.6 is 22.6 Å². The van der Waals surface area contributed by atoms with Gasteiger partial charge in [-0.2, -0.15) is 0 Å². The molecule has 1 aromatic carbocycles. The largest absolute Gasteiger partial charge is 0.268 e. The van der Waals surface area contributed by atoms with Gasteiger partial charge in [-0.25, -0.2) is 0 Å². The molecule has 0 N–H and O–H groups in total. The first-order chi connectivity index (χ1) is 9.33. The first-order valence-electron chi connectivity index (χ1n) is 6.76. The second-order valence-electron chi connectivity index (χ2n) is 6.04. The summed E-state index contributed by atoms with van der Waals surface area (Å²) in [6, 6.07) is 11.6. The van der Waals surface area contributed by atoms with Crippen LogP contribution in [0.15, 0.2) is 24.3 Å². The van der Waals surface area contributed by atoms with E-state index in [4.69, 9.17) is 0 Å². The van der Waals surface area contributed by atoms with Gasteiger partial charge >= 0.3 is 0 Å². The fourth-order valence-electron chi connectivity index (χ4n) is 1.54. The molecule has 0 atom stereocenters.